The molecule has 1 unspecified atom stereocenters. The van der Waals surface area contributed by atoms with Crippen LogP contribution in [0.1, 0.15) is 105 Å². The number of carbonyl (C=O) groups excluding carboxylic acids is 2. The number of hydrogen-bond donors (Lipinski definition) is 0. The Morgan fingerprint density at radius 3 is 2.28 bits per heavy atom. The summed E-state index contributed by atoms with van der Waals surface area (Å²) in [5, 5.41) is 0. The van der Waals surface area contributed by atoms with E-state index in [-0.39, 0.29) is 90.9 Å². The van der Waals surface area contributed by atoms with Crippen molar-refractivity contribution in [2.45, 2.75) is 173 Å². The summed E-state index contributed by atoms with van der Waals surface area (Å²) in [4.78, 5) is 30.5. The number of Topliss-reactive ketones (excluding diaryl/α,β-unsaturated/α-hetero) is 1. The van der Waals surface area contributed by atoms with Gasteiger partial charge in [0, 0.05) is 38.7 Å². The van der Waals surface area contributed by atoms with Gasteiger partial charge in [0.25, 0.3) is 0 Å². The van der Waals surface area contributed by atoms with E-state index < -0.39 is 12.4 Å². The predicted molar refractivity (Wildman–Crippen MR) is 199 cm³/mol. The molecule has 302 valence electrons. The van der Waals surface area contributed by atoms with Crippen LogP contribution >= 0.6 is 0 Å². The topological polar surface area (TPSA) is 111 Å². The Balaban J connectivity index is 1.20. The minimum absolute atomic E-state index is 0.00218. The minimum atomic E-state index is -0.568. The first-order chi connectivity index (χ1) is 25.5. The zero-order valence-electron chi connectivity index (χ0n) is 33.9. The van der Waals surface area contributed by atoms with Gasteiger partial charge in [0.05, 0.1) is 30.8 Å². The molecule has 11 nitrogen and oxygen atoms in total. The van der Waals surface area contributed by atoms with Crippen molar-refractivity contribution in [2.24, 2.45) is 35.5 Å². The third-order valence-electron chi connectivity index (χ3n) is 13.8. The molecule has 0 aromatic carbocycles. The second kappa shape index (κ2) is 18.2. The number of likely N-dealkylation sites (N-methyl/N-ethyl adjacent to an activating group) is 1. The molecule has 3 aliphatic heterocycles. The molecule has 0 amide bonds. The fourth-order valence-electron chi connectivity index (χ4n) is 11.1. The highest BCUT2D eigenvalue weighted by Gasteiger charge is 2.54. The van der Waals surface area contributed by atoms with Gasteiger partial charge in [-0.2, -0.15) is 0 Å². The molecule has 2 saturated carbocycles. The van der Waals surface area contributed by atoms with Gasteiger partial charge in [0.2, 0.25) is 0 Å². The molecule has 0 spiro atoms. The molecule has 53 heavy (non-hydrogen) atoms. The Bertz CT molecular complexity index is 1260. The lowest BCUT2D eigenvalue weighted by Crippen LogP contribution is -2.60. The van der Waals surface area contributed by atoms with Crippen molar-refractivity contribution in [3.63, 3.8) is 0 Å². The highest BCUT2D eigenvalue weighted by Crippen LogP contribution is 2.57. The maximum absolute atomic E-state index is 14.7. The van der Waals surface area contributed by atoms with E-state index in [1.807, 2.05) is 20.8 Å². The Hall–Kier alpha value is -1.44. The molecular weight excluding hydrogens is 678 g/mol. The highest BCUT2D eigenvalue weighted by atomic mass is 16.7. The van der Waals surface area contributed by atoms with Crippen molar-refractivity contribution in [3.8, 4) is 0 Å². The van der Waals surface area contributed by atoms with Gasteiger partial charge in [-0.25, -0.2) is 0 Å². The average Bonchev–Trinajstić information content (AvgIpc) is 3.70. The lowest BCUT2D eigenvalue weighted by molar-refractivity contribution is -0.317. The van der Waals surface area contributed by atoms with Gasteiger partial charge >= 0.3 is 5.97 Å². The van der Waals surface area contributed by atoms with Crippen LogP contribution in [0.5, 0.6) is 0 Å². The van der Waals surface area contributed by atoms with E-state index in [4.69, 9.17) is 37.9 Å². The van der Waals surface area contributed by atoms with Crippen LogP contribution in [-0.2, 0) is 47.5 Å². The average molecular weight is 748 g/mol. The normalized spacial score (nSPS) is 45.4. The SMILES string of the molecule is CCO[C@@H]1[C@@H](OC)[C@H](C)O[C@@H](O[C@@H]2C[C@H]3CC[C@@H]4[C@@H](C=C5C(=O)[C@H](C)C(O[C@H]6CC[C@H](N(C)C)[C@@H](C)O6)CCC[C@H](CC)OC(=O)C[C@H]54)[C@@H]3C2)[C@@H]1OC. The van der Waals surface area contributed by atoms with Crippen molar-refractivity contribution < 1.29 is 47.5 Å². The van der Waals surface area contributed by atoms with E-state index in [1.54, 1.807) is 14.2 Å². The fraction of sp³-hybridized carbons (Fsp3) is 0.905. The third-order valence-corrected chi connectivity index (χ3v) is 13.8. The predicted octanol–water partition coefficient (Wildman–Crippen LogP) is 6.10. The number of methoxy groups -OCH3 is 2. The smallest absolute Gasteiger partial charge is 0.306 e. The number of esters is 1. The summed E-state index contributed by atoms with van der Waals surface area (Å²) >= 11 is 0. The summed E-state index contributed by atoms with van der Waals surface area (Å²) in [6, 6.07) is 0.345. The van der Waals surface area contributed by atoms with Crippen LogP contribution < -0.4 is 0 Å². The summed E-state index contributed by atoms with van der Waals surface area (Å²) in [6.45, 7) is 10.7. The lowest BCUT2D eigenvalue weighted by Gasteiger charge is -2.44. The van der Waals surface area contributed by atoms with Crippen molar-refractivity contribution in [2.75, 3.05) is 34.9 Å². The van der Waals surface area contributed by atoms with Crippen LogP contribution in [0.3, 0.4) is 0 Å². The summed E-state index contributed by atoms with van der Waals surface area (Å²) in [5.41, 5.74) is 0.816. The molecule has 0 N–H and O–H groups in total. The Labute approximate surface area is 318 Å². The summed E-state index contributed by atoms with van der Waals surface area (Å²) in [5.74, 6) is 0.733. The second-order valence-corrected chi connectivity index (χ2v) is 17.1. The first kappa shape index (κ1) is 41.2. The zero-order chi connectivity index (χ0) is 38.0. The first-order valence-corrected chi connectivity index (χ1v) is 20.9. The summed E-state index contributed by atoms with van der Waals surface area (Å²) in [7, 11) is 7.55. The van der Waals surface area contributed by atoms with Crippen molar-refractivity contribution in [1.82, 2.24) is 4.90 Å². The Morgan fingerprint density at radius 2 is 1.60 bits per heavy atom. The van der Waals surface area contributed by atoms with Crippen LogP contribution in [-0.4, -0.2) is 119 Å². The molecule has 17 atom stereocenters. The molecule has 6 aliphatic rings. The third kappa shape index (κ3) is 8.93. The molecule has 0 aromatic heterocycles. The Morgan fingerprint density at radius 1 is 0.830 bits per heavy atom. The number of nitrogens with zero attached hydrogens (tertiary/aromatic N) is 1. The largest absolute Gasteiger partial charge is 0.462 e. The zero-order valence-corrected chi connectivity index (χ0v) is 33.9. The van der Waals surface area contributed by atoms with Gasteiger partial charge in [-0.3, -0.25) is 9.59 Å². The maximum Gasteiger partial charge on any atom is 0.306 e. The van der Waals surface area contributed by atoms with E-state index in [2.05, 4.69) is 38.9 Å². The van der Waals surface area contributed by atoms with Crippen LogP contribution in [0.2, 0.25) is 0 Å². The molecule has 0 aromatic rings. The number of fused-ring (bicyclic) bond motifs is 5. The van der Waals surface area contributed by atoms with Crippen molar-refractivity contribution >= 4 is 11.8 Å². The van der Waals surface area contributed by atoms with E-state index in [9.17, 15) is 9.59 Å². The first-order valence-electron chi connectivity index (χ1n) is 20.9. The number of rotatable bonds is 10. The van der Waals surface area contributed by atoms with E-state index in [0.717, 1.165) is 69.8 Å². The second-order valence-electron chi connectivity index (χ2n) is 17.1. The summed E-state index contributed by atoms with van der Waals surface area (Å²) in [6.07, 6.45) is 8.81. The monoisotopic (exact) mass is 747 g/mol. The quantitative estimate of drug-likeness (QED) is 0.242. The number of allylic oxidation sites excluding steroid dienone is 2. The number of ketones is 1. The fourth-order valence-corrected chi connectivity index (χ4v) is 11.1. The maximum atomic E-state index is 14.7. The van der Waals surface area contributed by atoms with Crippen molar-refractivity contribution in [1.29, 1.82) is 0 Å². The van der Waals surface area contributed by atoms with E-state index in [0.29, 0.717) is 24.5 Å². The molecule has 6 rings (SSSR count). The molecule has 3 aliphatic carbocycles. The van der Waals surface area contributed by atoms with Gasteiger partial charge in [0.1, 0.15) is 24.4 Å². The van der Waals surface area contributed by atoms with Gasteiger partial charge in [-0.1, -0.05) is 19.9 Å². The number of ether oxygens (including phenoxy) is 8. The van der Waals surface area contributed by atoms with Crippen LogP contribution in [0, 0.1) is 35.5 Å². The molecule has 3 heterocycles. The van der Waals surface area contributed by atoms with Crippen LogP contribution in [0.4, 0.5) is 0 Å². The van der Waals surface area contributed by atoms with Gasteiger partial charge in [-0.15, -0.1) is 0 Å². The molecule has 11 heteroatoms. The lowest BCUT2D eigenvalue weighted by atomic mass is 9.66. The number of carbonyl (C=O) groups is 2. The van der Waals surface area contributed by atoms with Crippen molar-refractivity contribution in [3.05, 3.63) is 11.6 Å². The molecule has 5 fully saturated rings. The molecule has 3 saturated heterocycles. The molecular formula is C42H69NO10. The van der Waals surface area contributed by atoms with E-state index >= 15 is 0 Å². The Kier molecular flexibility index (Phi) is 14.2. The number of hydrogen-bond acceptors (Lipinski definition) is 11. The number of cyclic esters (lactones) is 1. The highest BCUT2D eigenvalue weighted by molar-refractivity contribution is 5.99. The van der Waals surface area contributed by atoms with Gasteiger partial charge < -0.3 is 42.8 Å². The molecule has 0 bridgehead atoms. The van der Waals surface area contributed by atoms with Gasteiger partial charge in [-0.05, 0) is 128 Å². The summed E-state index contributed by atoms with van der Waals surface area (Å²) < 4.78 is 50.2. The van der Waals surface area contributed by atoms with Gasteiger partial charge in [0.15, 0.2) is 18.4 Å². The minimum Gasteiger partial charge on any atom is -0.462 e. The van der Waals surface area contributed by atoms with Crippen LogP contribution in [0.15, 0.2) is 11.6 Å². The molecule has 0 radical (unpaired) electrons. The standard InChI is InChI=1S/C42H69NO10/c1-10-27-13-12-14-35(53-37-18-17-34(43(6)7)24(4)49-37)23(3)38(45)33-21-31-29(32(33)22-36(44)51-27)16-15-26-19-28(20-30(26)31)52-42-41(47-9)40(48-11-2)39(46-8)25(5)50-42/h21,23-32,34-35,37,39-42H,10-20,22H2,1-9H3/t23-,24-,25+,26-,27+,28-,29-,30-,31-,32+,34+,35?,37+,39+,40-,41-,42+/m1/s1. The van der Waals surface area contributed by atoms with Crippen LogP contribution in [0.25, 0.3) is 0 Å². The van der Waals surface area contributed by atoms with E-state index in [1.165, 1.54) is 0 Å².